The quantitative estimate of drug-likeness (QED) is 0.563. The van der Waals surface area contributed by atoms with Crippen LogP contribution in [0.1, 0.15) is 13.3 Å². The fraction of sp³-hybridized carbons (Fsp3) is 0.857. The van der Waals surface area contributed by atoms with Crippen molar-refractivity contribution in [3.05, 3.63) is 0 Å². The van der Waals surface area contributed by atoms with Crippen molar-refractivity contribution in [3.63, 3.8) is 0 Å². The smallest absolute Gasteiger partial charge is 0.228 e. The number of carbonyl (C=O) groups is 1. The Hall–Kier alpha value is -0.600. The Morgan fingerprint density at radius 3 is 2.60 bits per heavy atom. The number of carbonyl (C=O) groups excluding carboxylic acids is 1. The summed E-state index contributed by atoms with van der Waals surface area (Å²) in [5.74, 6) is -0.361. The normalized spacial score (nSPS) is 29.9. The first kappa shape index (κ1) is 7.51. The van der Waals surface area contributed by atoms with Gasteiger partial charge in [-0.25, -0.2) is 4.39 Å². The van der Waals surface area contributed by atoms with Crippen LogP contribution in [-0.4, -0.2) is 30.6 Å². The SMILES string of the molecule is CCN(C)C(=O)C1CC1F. The second kappa shape index (κ2) is 2.56. The topological polar surface area (TPSA) is 20.3 Å². The van der Waals surface area contributed by atoms with E-state index in [1.807, 2.05) is 6.92 Å². The molecule has 1 fully saturated rings. The lowest BCUT2D eigenvalue weighted by Crippen LogP contribution is -2.28. The van der Waals surface area contributed by atoms with Crippen molar-refractivity contribution in [1.29, 1.82) is 0 Å². The lowest BCUT2D eigenvalue weighted by molar-refractivity contribution is -0.131. The highest BCUT2D eigenvalue weighted by molar-refractivity contribution is 5.81. The molecule has 0 N–H and O–H groups in total. The second-order valence-corrected chi connectivity index (χ2v) is 2.71. The van der Waals surface area contributed by atoms with Crippen LogP contribution in [0.5, 0.6) is 0 Å². The minimum absolute atomic E-state index is 0.0463. The van der Waals surface area contributed by atoms with E-state index in [2.05, 4.69) is 0 Å². The first-order chi connectivity index (χ1) is 4.66. The summed E-state index contributed by atoms with van der Waals surface area (Å²) in [6.45, 7) is 2.55. The van der Waals surface area contributed by atoms with Gasteiger partial charge in [-0.15, -0.1) is 0 Å². The summed E-state index contributed by atoms with van der Waals surface area (Å²) in [5.41, 5.74) is 0. The Bertz CT molecular complexity index is 143. The van der Waals surface area contributed by atoms with Gasteiger partial charge in [0, 0.05) is 13.6 Å². The fourth-order valence-electron chi connectivity index (χ4n) is 0.858. The molecular formula is C7H12FNO. The fourth-order valence-corrected chi connectivity index (χ4v) is 0.858. The zero-order valence-electron chi connectivity index (χ0n) is 6.30. The highest BCUT2D eigenvalue weighted by atomic mass is 19.1. The van der Waals surface area contributed by atoms with Gasteiger partial charge < -0.3 is 4.90 Å². The third-order valence-corrected chi connectivity index (χ3v) is 1.88. The first-order valence-electron chi connectivity index (χ1n) is 3.56. The molecule has 1 rings (SSSR count). The number of rotatable bonds is 2. The monoisotopic (exact) mass is 145 g/mol. The zero-order valence-corrected chi connectivity index (χ0v) is 6.30. The lowest BCUT2D eigenvalue weighted by atomic mass is 10.3. The Kier molecular flexibility index (Phi) is 1.92. The van der Waals surface area contributed by atoms with Crippen LogP contribution in [0.25, 0.3) is 0 Å². The molecule has 0 aromatic heterocycles. The van der Waals surface area contributed by atoms with Crippen LogP contribution in [0.15, 0.2) is 0 Å². The van der Waals surface area contributed by atoms with E-state index in [0.717, 1.165) is 0 Å². The molecule has 0 aromatic rings. The van der Waals surface area contributed by atoms with Gasteiger partial charge in [-0.3, -0.25) is 4.79 Å². The van der Waals surface area contributed by atoms with Crippen LogP contribution < -0.4 is 0 Å². The molecule has 3 heteroatoms. The minimum atomic E-state index is -0.860. The second-order valence-electron chi connectivity index (χ2n) is 2.71. The van der Waals surface area contributed by atoms with Gasteiger partial charge in [0.2, 0.25) is 5.91 Å². The maximum Gasteiger partial charge on any atom is 0.228 e. The molecule has 2 unspecified atom stereocenters. The molecular weight excluding hydrogens is 133 g/mol. The molecule has 1 aliphatic rings. The summed E-state index contributed by atoms with van der Waals surface area (Å²) in [6, 6.07) is 0. The maximum atomic E-state index is 12.3. The molecule has 10 heavy (non-hydrogen) atoms. The van der Waals surface area contributed by atoms with Crippen molar-refractivity contribution in [2.24, 2.45) is 5.92 Å². The van der Waals surface area contributed by atoms with Crippen molar-refractivity contribution in [1.82, 2.24) is 4.90 Å². The molecule has 2 nitrogen and oxygen atoms in total. The van der Waals surface area contributed by atoms with Crippen LogP contribution in [0.4, 0.5) is 4.39 Å². The Morgan fingerprint density at radius 1 is 1.80 bits per heavy atom. The van der Waals surface area contributed by atoms with Gasteiger partial charge in [-0.1, -0.05) is 0 Å². The van der Waals surface area contributed by atoms with Gasteiger partial charge in [-0.2, -0.15) is 0 Å². The highest BCUT2D eigenvalue weighted by Gasteiger charge is 2.44. The molecule has 1 amide bonds. The average molecular weight is 145 g/mol. The maximum absolute atomic E-state index is 12.3. The minimum Gasteiger partial charge on any atom is -0.346 e. The van der Waals surface area contributed by atoms with Crippen LogP contribution >= 0.6 is 0 Å². The van der Waals surface area contributed by atoms with Gasteiger partial charge in [0.15, 0.2) is 0 Å². The summed E-state index contributed by atoms with van der Waals surface area (Å²) >= 11 is 0. The number of hydrogen-bond donors (Lipinski definition) is 0. The van der Waals surface area contributed by atoms with Crippen LogP contribution in [-0.2, 0) is 4.79 Å². The Balaban J connectivity index is 2.35. The molecule has 1 aliphatic carbocycles. The number of amides is 1. The summed E-state index contributed by atoms with van der Waals surface area (Å²) in [6.07, 6.45) is -0.426. The molecule has 0 saturated heterocycles. The van der Waals surface area contributed by atoms with E-state index in [1.54, 1.807) is 11.9 Å². The standard InChI is InChI=1S/C7H12FNO/c1-3-9(2)7(10)5-4-6(5)8/h5-6H,3-4H2,1-2H3. The van der Waals surface area contributed by atoms with Crippen molar-refractivity contribution in [2.45, 2.75) is 19.5 Å². The van der Waals surface area contributed by atoms with E-state index in [0.29, 0.717) is 13.0 Å². The van der Waals surface area contributed by atoms with E-state index in [1.165, 1.54) is 0 Å². The van der Waals surface area contributed by atoms with Crippen molar-refractivity contribution in [3.8, 4) is 0 Å². The third-order valence-electron chi connectivity index (χ3n) is 1.88. The van der Waals surface area contributed by atoms with E-state index in [4.69, 9.17) is 0 Å². The third kappa shape index (κ3) is 1.28. The largest absolute Gasteiger partial charge is 0.346 e. The number of halogens is 1. The predicted octanol–water partition coefficient (Wildman–Crippen LogP) is 0.823. The van der Waals surface area contributed by atoms with Crippen molar-refractivity contribution in [2.75, 3.05) is 13.6 Å². The van der Waals surface area contributed by atoms with Crippen LogP contribution in [0, 0.1) is 5.92 Å². The molecule has 0 heterocycles. The van der Waals surface area contributed by atoms with Crippen LogP contribution in [0.3, 0.4) is 0 Å². The molecule has 0 aliphatic heterocycles. The number of alkyl halides is 1. The van der Waals surface area contributed by atoms with E-state index < -0.39 is 6.17 Å². The lowest BCUT2D eigenvalue weighted by Gasteiger charge is -2.12. The van der Waals surface area contributed by atoms with Crippen LogP contribution in [0.2, 0.25) is 0 Å². The molecule has 2 atom stereocenters. The summed E-state index contributed by atoms with van der Waals surface area (Å²) in [5, 5.41) is 0. The van der Waals surface area contributed by atoms with Gasteiger partial charge >= 0.3 is 0 Å². The molecule has 0 radical (unpaired) electrons. The summed E-state index contributed by atoms with van der Waals surface area (Å²) in [4.78, 5) is 12.6. The summed E-state index contributed by atoms with van der Waals surface area (Å²) in [7, 11) is 1.70. The van der Waals surface area contributed by atoms with Gasteiger partial charge in [-0.05, 0) is 13.3 Å². The molecule has 0 spiro atoms. The molecule has 1 saturated carbocycles. The molecule has 58 valence electrons. The average Bonchev–Trinajstić information content (AvgIpc) is 2.63. The highest BCUT2D eigenvalue weighted by Crippen LogP contribution is 2.34. The summed E-state index contributed by atoms with van der Waals surface area (Å²) < 4.78 is 12.3. The number of hydrogen-bond acceptors (Lipinski definition) is 1. The van der Waals surface area contributed by atoms with E-state index >= 15 is 0 Å². The van der Waals surface area contributed by atoms with Gasteiger partial charge in [0.1, 0.15) is 6.17 Å². The van der Waals surface area contributed by atoms with Crippen molar-refractivity contribution < 1.29 is 9.18 Å². The van der Waals surface area contributed by atoms with Crippen molar-refractivity contribution >= 4 is 5.91 Å². The zero-order chi connectivity index (χ0) is 7.72. The number of nitrogens with zero attached hydrogens (tertiary/aromatic N) is 1. The first-order valence-corrected chi connectivity index (χ1v) is 3.56. The van der Waals surface area contributed by atoms with Gasteiger partial charge in [0.05, 0.1) is 5.92 Å². The molecule has 0 aromatic carbocycles. The van der Waals surface area contributed by atoms with E-state index in [9.17, 15) is 9.18 Å². The van der Waals surface area contributed by atoms with E-state index in [-0.39, 0.29) is 11.8 Å². The Labute approximate surface area is 60.0 Å². The predicted molar refractivity (Wildman–Crippen MR) is 36.3 cm³/mol. The van der Waals surface area contributed by atoms with Gasteiger partial charge in [0.25, 0.3) is 0 Å². The Morgan fingerprint density at radius 2 is 2.30 bits per heavy atom. The molecule has 0 bridgehead atoms.